The summed E-state index contributed by atoms with van der Waals surface area (Å²) in [7, 11) is 0. The summed E-state index contributed by atoms with van der Waals surface area (Å²) in [4.78, 5) is 15.8. The van der Waals surface area contributed by atoms with Crippen LogP contribution < -0.4 is 16.4 Å². The summed E-state index contributed by atoms with van der Waals surface area (Å²) < 4.78 is 40.8. The Labute approximate surface area is 180 Å². The predicted molar refractivity (Wildman–Crippen MR) is 113 cm³/mol. The van der Waals surface area contributed by atoms with E-state index in [4.69, 9.17) is 5.73 Å². The summed E-state index contributed by atoms with van der Waals surface area (Å²) in [5.74, 6) is 0.138. The average molecular weight is 516 g/mol. The molecule has 10 heteroatoms. The van der Waals surface area contributed by atoms with Gasteiger partial charge in [0.25, 0.3) is 0 Å². The molecule has 6 nitrogen and oxygen atoms in total. The zero-order valence-corrected chi connectivity index (χ0v) is 18.6. The van der Waals surface area contributed by atoms with Gasteiger partial charge in [-0.15, -0.1) is 24.0 Å². The molecule has 0 atom stereocenters. The van der Waals surface area contributed by atoms with E-state index in [1.54, 1.807) is 38.1 Å². The molecule has 0 radical (unpaired) electrons. The highest BCUT2D eigenvalue weighted by molar-refractivity contribution is 14.0. The van der Waals surface area contributed by atoms with Gasteiger partial charge in [-0.2, -0.15) is 13.2 Å². The lowest BCUT2D eigenvalue weighted by Gasteiger charge is -2.22. The Balaban J connectivity index is 0.00000729. The largest absolute Gasteiger partial charge is 0.411 e. The number of nitrogens with two attached hydrogens (primary N) is 1. The molecule has 0 spiro atoms. The highest BCUT2D eigenvalue weighted by atomic mass is 127. The molecule has 1 aromatic carbocycles. The molecule has 0 heterocycles. The molecule has 28 heavy (non-hydrogen) atoms. The van der Waals surface area contributed by atoms with E-state index >= 15 is 0 Å². The van der Waals surface area contributed by atoms with Crippen molar-refractivity contribution in [3.05, 3.63) is 35.4 Å². The number of carbonyl (C=O) groups is 1. The third-order valence-electron chi connectivity index (χ3n) is 3.69. The first kappa shape index (κ1) is 26.4. The fraction of sp³-hybridized carbons (Fsp3) is 0.556. The topological polar surface area (TPSA) is 88.7 Å². The van der Waals surface area contributed by atoms with Gasteiger partial charge >= 0.3 is 6.18 Å². The number of rotatable bonds is 9. The number of guanidine groups is 1. The van der Waals surface area contributed by atoms with Gasteiger partial charge < -0.3 is 21.1 Å². The van der Waals surface area contributed by atoms with Gasteiger partial charge in [0.1, 0.15) is 6.61 Å². The maximum absolute atomic E-state index is 12.1. The number of hydrogen-bond acceptors (Lipinski definition) is 3. The number of alkyl halides is 3. The number of ether oxygens (including phenoxy) is 1. The van der Waals surface area contributed by atoms with E-state index in [1.807, 2.05) is 6.92 Å². The fourth-order valence-corrected chi connectivity index (χ4v) is 1.93. The molecule has 0 saturated heterocycles. The standard InChI is InChI=1S/C18H27F3N4O2.HI/c1-4-23-16(25-11-17(2,3)15(22)26)24-9-13-5-7-14(8-6-13)10-27-12-18(19,20)21;/h5-8H,4,9-12H2,1-3H3,(H2,22,26)(H2,23,24,25);1H. The third kappa shape index (κ3) is 10.7. The Morgan fingerprint density at radius 1 is 1.14 bits per heavy atom. The maximum atomic E-state index is 12.1. The van der Waals surface area contributed by atoms with Gasteiger partial charge in [-0.1, -0.05) is 24.3 Å². The monoisotopic (exact) mass is 516 g/mol. The normalized spacial score (nSPS) is 12.3. The van der Waals surface area contributed by atoms with Crippen molar-refractivity contribution >= 4 is 35.8 Å². The van der Waals surface area contributed by atoms with Crippen LogP contribution in [0.1, 0.15) is 31.9 Å². The van der Waals surface area contributed by atoms with Crippen molar-refractivity contribution in [1.82, 2.24) is 10.6 Å². The number of carbonyl (C=O) groups excluding carboxylic acids is 1. The molecule has 160 valence electrons. The number of aliphatic imine (C=N–C) groups is 1. The first-order valence-corrected chi connectivity index (χ1v) is 8.58. The van der Waals surface area contributed by atoms with Crippen molar-refractivity contribution in [2.24, 2.45) is 16.1 Å². The lowest BCUT2D eigenvalue weighted by Crippen LogP contribution is -2.46. The maximum Gasteiger partial charge on any atom is 0.411 e. The smallest absolute Gasteiger partial charge is 0.369 e. The molecule has 0 aliphatic heterocycles. The summed E-state index contributed by atoms with van der Waals surface area (Å²) in [6.45, 7) is 5.40. The Hall–Kier alpha value is -1.56. The van der Waals surface area contributed by atoms with Gasteiger partial charge in [0.05, 0.1) is 18.6 Å². The van der Waals surface area contributed by atoms with Crippen LogP contribution in [0.15, 0.2) is 29.3 Å². The summed E-state index contributed by atoms with van der Waals surface area (Å²) in [5, 5.41) is 6.16. The Morgan fingerprint density at radius 2 is 1.71 bits per heavy atom. The van der Waals surface area contributed by atoms with Crippen LogP contribution in [0.4, 0.5) is 13.2 Å². The van der Waals surface area contributed by atoms with E-state index < -0.39 is 24.1 Å². The van der Waals surface area contributed by atoms with E-state index in [0.29, 0.717) is 31.2 Å². The van der Waals surface area contributed by atoms with E-state index in [2.05, 4.69) is 20.4 Å². The lowest BCUT2D eigenvalue weighted by atomic mass is 9.93. The zero-order chi connectivity index (χ0) is 20.5. The molecule has 0 saturated carbocycles. The van der Waals surface area contributed by atoms with Crippen molar-refractivity contribution < 1.29 is 22.7 Å². The van der Waals surface area contributed by atoms with Gasteiger partial charge in [0, 0.05) is 13.1 Å². The number of primary amides is 1. The number of halogens is 4. The van der Waals surface area contributed by atoms with Crippen molar-refractivity contribution in [2.75, 3.05) is 19.7 Å². The molecule has 0 aromatic heterocycles. The minimum absolute atomic E-state index is 0. The molecule has 0 fully saturated rings. The first-order chi connectivity index (χ1) is 12.5. The molecular weight excluding hydrogens is 488 g/mol. The van der Waals surface area contributed by atoms with Crippen molar-refractivity contribution in [1.29, 1.82) is 0 Å². The minimum atomic E-state index is -4.33. The van der Waals surface area contributed by atoms with Crippen LogP contribution in [0.3, 0.4) is 0 Å². The van der Waals surface area contributed by atoms with Crippen LogP contribution in [0.5, 0.6) is 0 Å². The Kier molecular flexibility index (Phi) is 11.4. The number of nitrogens with zero attached hydrogens (tertiary/aromatic N) is 1. The highest BCUT2D eigenvalue weighted by Gasteiger charge is 2.27. The van der Waals surface area contributed by atoms with Gasteiger partial charge in [-0.3, -0.25) is 4.79 Å². The Bertz CT molecular complexity index is 635. The number of nitrogens with one attached hydrogen (secondary N) is 2. The van der Waals surface area contributed by atoms with Gasteiger partial charge in [-0.05, 0) is 31.9 Å². The summed E-state index contributed by atoms with van der Waals surface area (Å²) in [5.41, 5.74) is 6.18. The molecule has 1 rings (SSSR count). The SMILES string of the molecule is CCNC(=NCc1ccc(COCC(F)(F)F)cc1)NCC(C)(C)C(N)=O.I. The second-order valence-corrected chi connectivity index (χ2v) is 6.72. The molecular formula is C18H28F3IN4O2. The van der Waals surface area contributed by atoms with Crippen LogP contribution in [0.25, 0.3) is 0 Å². The van der Waals surface area contributed by atoms with Crippen LogP contribution >= 0.6 is 24.0 Å². The highest BCUT2D eigenvalue weighted by Crippen LogP contribution is 2.16. The van der Waals surface area contributed by atoms with Gasteiger partial charge in [0.15, 0.2) is 5.96 Å². The zero-order valence-electron chi connectivity index (χ0n) is 16.2. The molecule has 0 aliphatic rings. The van der Waals surface area contributed by atoms with E-state index in [9.17, 15) is 18.0 Å². The van der Waals surface area contributed by atoms with Gasteiger partial charge in [0.2, 0.25) is 5.91 Å². The number of amides is 1. The van der Waals surface area contributed by atoms with E-state index in [0.717, 1.165) is 5.56 Å². The van der Waals surface area contributed by atoms with Crippen LogP contribution in [-0.4, -0.2) is 37.7 Å². The van der Waals surface area contributed by atoms with Gasteiger partial charge in [-0.25, -0.2) is 4.99 Å². The molecule has 0 unspecified atom stereocenters. The lowest BCUT2D eigenvalue weighted by molar-refractivity contribution is -0.176. The summed E-state index contributed by atoms with van der Waals surface area (Å²) in [6, 6.07) is 6.98. The van der Waals surface area contributed by atoms with Crippen LogP contribution in [-0.2, 0) is 22.7 Å². The minimum Gasteiger partial charge on any atom is -0.369 e. The average Bonchev–Trinajstić information content (AvgIpc) is 2.57. The molecule has 4 N–H and O–H groups in total. The Morgan fingerprint density at radius 3 is 2.21 bits per heavy atom. The second kappa shape index (κ2) is 12.1. The van der Waals surface area contributed by atoms with Crippen LogP contribution in [0.2, 0.25) is 0 Å². The fourth-order valence-electron chi connectivity index (χ4n) is 1.93. The van der Waals surface area contributed by atoms with E-state index in [1.165, 1.54) is 0 Å². The molecule has 1 amide bonds. The molecule has 1 aromatic rings. The van der Waals surface area contributed by atoms with E-state index in [-0.39, 0.29) is 30.6 Å². The van der Waals surface area contributed by atoms with Crippen LogP contribution in [0, 0.1) is 5.41 Å². The second-order valence-electron chi connectivity index (χ2n) is 6.72. The van der Waals surface area contributed by atoms with Crippen molar-refractivity contribution in [2.45, 2.75) is 40.1 Å². The number of benzene rings is 1. The van der Waals surface area contributed by atoms with Crippen molar-refractivity contribution in [3.8, 4) is 0 Å². The summed E-state index contributed by atoms with van der Waals surface area (Å²) >= 11 is 0. The predicted octanol–water partition coefficient (Wildman–Crippen LogP) is 2.95. The van der Waals surface area contributed by atoms with Crippen molar-refractivity contribution in [3.63, 3.8) is 0 Å². The molecule has 0 aliphatic carbocycles. The summed E-state index contributed by atoms with van der Waals surface area (Å²) in [6.07, 6.45) is -4.33. The first-order valence-electron chi connectivity index (χ1n) is 8.58. The quantitative estimate of drug-likeness (QED) is 0.268. The third-order valence-corrected chi connectivity index (χ3v) is 3.69. The number of hydrogen-bond donors (Lipinski definition) is 3. The molecule has 0 bridgehead atoms.